The van der Waals surface area contributed by atoms with Crippen molar-refractivity contribution >= 4 is 54.9 Å². The van der Waals surface area contributed by atoms with Crippen LogP contribution >= 0.6 is 31.9 Å². The Hall–Kier alpha value is -2.72. The highest BCUT2D eigenvalue weighted by Gasteiger charge is 2.21. The first-order valence-corrected chi connectivity index (χ1v) is 11.3. The standard InChI is InChI=1S/C22H21Br2N3O5/c1-5-31-22(29)12(2)32-20-14(8-16(24)10-19(20)30-4)11-25-27-13(3)26-18-7-6-15(23)9-17(18)21(27)28/h6-12H,5H2,1-4H3/t12-/m0/s1. The summed E-state index contributed by atoms with van der Waals surface area (Å²) in [5.74, 6) is 0.603. The average Bonchev–Trinajstić information content (AvgIpc) is 2.75. The number of aromatic nitrogens is 2. The van der Waals surface area contributed by atoms with Gasteiger partial charge in [-0.1, -0.05) is 31.9 Å². The number of hydrogen-bond acceptors (Lipinski definition) is 7. The predicted octanol–water partition coefficient (Wildman–Crippen LogP) is 4.45. The van der Waals surface area contributed by atoms with E-state index in [1.54, 1.807) is 45.0 Å². The van der Waals surface area contributed by atoms with Gasteiger partial charge in [0.15, 0.2) is 17.6 Å². The van der Waals surface area contributed by atoms with Crippen molar-refractivity contribution in [2.45, 2.75) is 26.9 Å². The minimum absolute atomic E-state index is 0.242. The number of ether oxygens (including phenoxy) is 3. The van der Waals surface area contributed by atoms with Crippen LogP contribution in [0.15, 0.2) is 49.2 Å². The van der Waals surface area contributed by atoms with Crippen molar-refractivity contribution in [3.63, 3.8) is 0 Å². The first kappa shape index (κ1) is 23.9. The molecule has 0 aliphatic carbocycles. The number of fused-ring (bicyclic) bond motifs is 1. The fourth-order valence-corrected chi connectivity index (χ4v) is 3.78. The zero-order chi connectivity index (χ0) is 23.4. The van der Waals surface area contributed by atoms with Gasteiger partial charge in [-0.25, -0.2) is 9.78 Å². The fourth-order valence-electron chi connectivity index (χ4n) is 2.96. The molecule has 3 rings (SSSR count). The average molecular weight is 567 g/mol. The summed E-state index contributed by atoms with van der Waals surface area (Å²) < 4.78 is 19.0. The molecule has 1 heterocycles. The van der Waals surface area contributed by atoms with Crippen LogP contribution in [0.5, 0.6) is 11.5 Å². The van der Waals surface area contributed by atoms with Crippen LogP contribution in [0, 0.1) is 6.92 Å². The SMILES string of the molecule is CCOC(=O)[C@H](C)Oc1c(C=Nn2c(C)nc3ccc(Br)cc3c2=O)cc(Br)cc1OC. The Balaban J connectivity index is 2.08. The van der Waals surface area contributed by atoms with E-state index in [0.29, 0.717) is 38.3 Å². The van der Waals surface area contributed by atoms with Gasteiger partial charge in [-0.3, -0.25) is 4.79 Å². The smallest absolute Gasteiger partial charge is 0.347 e. The number of benzene rings is 2. The summed E-state index contributed by atoms with van der Waals surface area (Å²) in [6, 6.07) is 8.74. The minimum Gasteiger partial charge on any atom is -0.493 e. The summed E-state index contributed by atoms with van der Waals surface area (Å²) in [5, 5.41) is 4.78. The van der Waals surface area contributed by atoms with Crippen LogP contribution in [0.1, 0.15) is 25.2 Å². The Bertz CT molecular complexity index is 1260. The maximum atomic E-state index is 13.0. The van der Waals surface area contributed by atoms with Crippen molar-refractivity contribution < 1.29 is 19.0 Å². The largest absolute Gasteiger partial charge is 0.493 e. The molecule has 0 spiro atoms. The van der Waals surface area contributed by atoms with Gasteiger partial charge in [0, 0.05) is 14.5 Å². The molecular weight excluding hydrogens is 546 g/mol. The van der Waals surface area contributed by atoms with Gasteiger partial charge < -0.3 is 14.2 Å². The van der Waals surface area contributed by atoms with E-state index in [-0.39, 0.29) is 12.2 Å². The van der Waals surface area contributed by atoms with Crippen LogP contribution in [0.25, 0.3) is 10.9 Å². The number of aryl methyl sites for hydroxylation is 1. The van der Waals surface area contributed by atoms with Gasteiger partial charge >= 0.3 is 5.97 Å². The molecule has 0 saturated heterocycles. The summed E-state index contributed by atoms with van der Waals surface area (Å²) in [7, 11) is 1.49. The molecule has 2 aromatic carbocycles. The Kier molecular flexibility index (Phi) is 7.68. The maximum absolute atomic E-state index is 13.0. The molecule has 3 aromatic rings. The van der Waals surface area contributed by atoms with Gasteiger partial charge in [0.2, 0.25) is 0 Å². The van der Waals surface area contributed by atoms with Crippen molar-refractivity contribution in [3.05, 3.63) is 61.0 Å². The number of carbonyl (C=O) groups is 1. The number of rotatable bonds is 7. The molecule has 1 aromatic heterocycles. The summed E-state index contributed by atoms with van der Waals surface area (Å²) in [6.45, 7) is 5.24. The Morgan fingerprint density at radius 3 is 2.69 bits per heavy atom. The van der Waals surface area contributed by atoms with Crippen molar-refractivity contribution in [1.29, 1.82) is 0 Å². The molecule has 0 radical (unpaired) electrons. The van der Waals surface area contributed by atoms with Crippen molar-refractivity contribution in [3.8, 4) is 11.5 Å². The summed E-state index contributed by atoms with van der Waals surface area (Å²) in [4.78, 5) is 29.5. The molecule has 0 aliphatic rings. The van der Waals surface area contributed by atoms with Gasteiger partial charge in [-0.05, 0) is 51.1 Å². The number of carbonyl (C=O) groups excluding carboxylic acids is 1. The van der Waals surface area contributed by atoms with E-state index in [1.807, 2.05) is 6.07 Å². The first-order chi connectivity index (χ1) is 15.2. The molecule has 10 heteroatoms. The molecule has 8 nitrogen and oxygen atoms in total. The van der Waals surface area contributed by atoms with Crippen molar-refractivity contribution in [2.24, 2.45) is 5.10 Å². The molecular formula is C22H21Br2N3O5. The zero-order valence-electron chi connectivity index (χ0n) is 17.9. The summed E-state index contributed by atoms with van der Waals surface area (Å²) in [5.41, 5.74) is 0.765. The van der Waals surface area contributed by atoms with Crippen LogP contribution < -0.4 is 15.0 Å². The Labute approximate surface area is 201 Å². The Morgan fingerprint density at radius 2 is 2.00 bits per heavy atom. The second-order valence-electron chi connectivity index (χ2n) is 6.72. The predicted molar refractivity (Wildman–Crippen MR) is 129 cm³/mol. The third-order valence-electron chi connectivity index (χ3n) is 4.46. The normalized spacial score (nSPS) is 12.2. The van der Waals surface area contributed by atoms with E-state index < -0.39 is 12.1 Å². The highest BCUT2D eigenvalue weighted by Crippen LogP contribution is 2.35. The van der Waals surface area contributed by atoms with Gasteiger partial charge in [0.05, 0.1) is 30.8 Å². The van der Waals surface area contributed by atoms with E-state index >= 15 is 0 Å². The van der Waals surface area contributed by atoms with Crippen molar-refractivity contribution in [2.75, 3.05) is 13.7 Å². The Morgan fingerprint density at radius 1 is 1.25 bits per heavy atom. The highest BCUT2D eigenvalue weighted by molar-refractivity contribution is 9.10. The van der Waals surface area contributed by atoms with Crippen LogP contribution in [0.3, 0.4) is 0 Å². The number of halogens is 2. The van der Waals surface area contributed by atoms with Crippen LogP contribution in [-0.4, -0.2) is 41.7 Å². The third kappa shape index (κ3) is 5.18. The second kappa shape index (κ2) is 10.3. The maximum Gasteiger partial charge on any atom is 0.347 e. The summed E-state index contributed by atoms with van der Waals surface area (Å²) >= 11 is 6.81. The molecule has 0 bridgehead atoms. The lowest BCUT2D eigenvalue weighted by Gasteiger charge is -2.18. The van der Waals surface area contributed by atoms with Gasteiger partial charge in [-0.15, -0.1) is 0 Å². The number of esters is 1. The molecule has 0 aliphatic heterocycles. The van der Waals surface area contributed by atoms with Crippen molar-refractivity contribution in [1.82, 2.24) is 9.66 Å². The minimum atomic E-state index is -0.874. The van der Waals surface area contributed by atoms with Crippen LogP contribution in [0.4, 0.5) is 0 Å². The highest BCUT2D eigenvalue weighted by atomic mass is 79.9. The summed E-state index contributed by atoms with van der Waals surface area (Å²) in [6.07, 6.45) is 0.585. The quantitative estimate of drug-likeness (QED) is 0.310. The van der Waals surface area contributed by atoms with Crippen LogP contribution in [-0.2, 0) is 9.53 Å². The number of nitrogens with zero attached hydrogens (tertiary/aromatic N) is 3. The molecule has 168 valence electrons. The number of hydrogen-bond donors (Lipinski definition) is 0. The van der Waals surface area contributed by atoms with Gasteiger partial charge in [0.25, 0.3) is 5.56 Å². The molecule has 0 amide bonds. The lowest BCUT2D eigenvalue weighted by molar-refractivity contribution is -0.150. The molecule has 0 unspecified atom stereocenters. The number of methoxy groups -OCH3 is 1. The zero-order valence-corrected chi connectivity index (χ0v) is 21.1. The van der Waals surface area contributed by atoms with Gasteiger partial charge in [-0.2, -0.15) is 9.78 Å². The monoisotopic (exact) mass is 565 g/mol. The molecule has 0 saturated carbocycles. The van der Waals surface area contributed by atoms with Gasteiger partial charge in [0.1, 0.15) is 5.82 Å². The molecule has 1 atom stereocenters. The lowest BCUT2D eigenvalue weighted by atomic mass is 10.2. The fraction of sp³-hybridized carbons (Fsp3) is 0.273. The topological polar surface area (TPSA) is 92.0 Å². The first-order valence-electron chi connectivity index (χ1n) is 9.69. The van der Waals surface area contributed by atoms with E-state index in [0.717, 1.165) is 4.47 Å². The van der Waals surface area contributed by atoms with E-state index in [2.05, 4.69) is 41.9 Å². The third-order valence-corrected chi connectivity index (χ3v) is 5.41. The van der Waals surface area contributed by atoms with E-state index in [4.69, 9.17) is 14.2 Å². The second-order valence-corrected chi connectivity index (χ2v) is 8.55. The molecule has 32 heavy (non-hydrogen) atoms. The molecule has 0 N–H and O–H groups in total. The van der Waals surface area contributed by atoms with E-state index in [9.17, 15) is 9.59 Å². The lowest BCUT2D eigenvalue weighted by Crippen LogP contribution is -2.26. The van der Waals surface area contributed by atoms with E-state index in [1.165, 1.54) is 18.0 Å². The molecule has 0 fully saturated rings. The van der Waals surface area contributed by atoms with Crippen LogP contribution in [0.2, 0.25) is 0 Å².